The van der Waals surface area contributed by atoms with Gasteiger partial charge in [0, 0.05) is 21.8 Å². The summed E-state index contributed by atoms with van der Waals surface area (Å²) < 4.78 is 0. The number of carbonyl (C=O) groups excluding carboxylic acids is 1. The number of carboxylic acids is 1. The molecule has 0 radical (unpaired) electrons. The van der Waals surface area contributed by atoms with E-state index in [0.29, 0.717) is 17.3 Å². The van der Waals surface area contributed by atoms with Crippen LogP contribution in [0.15, 0.2) is 17.7 Å². The van der Waals surface area contributed by atoms with Gasteiger partial charge in [-0.15, -0.1) is 11.8 Å². The van der Waals surface area contributed by atoms with Crippen LogP contribution in [0.4, 0.5) is 0 Å². The number of hydrogen-bond donors (Lipinski definition) is 4. The number of nitrogens with two attached hydrogens (primary N) is 1. The van der Waals surface area contributed by atoms with Gasteiger partial charge in [0.15, 0.2) is 11.5 Å². The van der Waals surface area contributed by atoms with Gasteiger partial charge in [0.1, 0.15) is 11.8 Å². The highest BCUT2D eigenvalue weighted by Gasteiger charge is 2.67. The van der Waals surface area contributed by atoms with Crippen LogP contribution >= 0.6 is 11.8 Å². The third-order valence-corrected chi connectivity index (χ3v) is 14.0. The maximum Gasteiger partial charge on any atom is 0.321 e. The summed E-state index contributed by atoms with van der Waals surface area (Å²) in [4.78, 5) is 24.4. The summed E-state index contributed by atoms with van der Waals surface area (Å²) in [5.41, 5.74) is 9.40. The second-order valence-corrected chi connectivity index (χ2v) is 15.9. The Morgan fingerprint density at radius 2 is 1.70 bits per heavy atom. The monoisotopic (exact) mass is 569 g/mol. The second-order valence-electron chi connectivity index (χ2n) is 14.7. The Bertz CT molecular complexity index is 1310. The fourth-order valence-electron chi connectivity index (χ4n) is 9.42. The molecular weight excluding hydrogens is 522 g/mol. The van der Waals surface area contributed by atoms with E-state index in [1.807, 2.05) is 6.92 Å². The molecule has 8 atom stereocenters. The van der Waals surface area contributed by atoms with E-state index in [9.17, 15) is 24.9 Å². The molecule has 5 rings (SSSR count). The van der Waals surface area contributed by atoms with Gasteiger partial charge in [-0.3, -0.25) is 9.59 Å². The minimum Gasteiger partial charge on any atom is -0.504 e. The molecule has 0 bridgehead atoms. The van der Waals surface area contributed by atoms with Crippen molar-refractivity contribution in [1.29, 1.82) is 0 Å². The molecule has 4 aliphatic rings. The number of phenols is 2. The van der Waals surface area contributed by atoms with Crippen LogP contribution in [0.3, 0.4) is 0 Å². The molecule has 4 aliphatic carbocycles. The lowest BCUT2D eigenvalue weighted by Crippen LogP contribution is -2.62. The highest BCUT2D eigenvalue weighted by molar-refractivity contribution is 7.99. The Morgan fingerprint density at radius 3 is 2.33 bits per heavy atom. The third-order valence-electron chi connectivity index (χ3n) is 12.7. The fraction of sp³-hybridized carbons (Fsp3) is 0.697. The number of Topliss-reactive ketones (excluding diaryl/α,β-unsaturated/α-hetero) is 1. The lowest BCUT2D eigenvalue weighted by atomic mass is 9.34. The zero-order valence-corrected chi connectivity index (χ0v) is 26.0. The zero-order chi connectivity index (χ0) is 29.6. The van der Waals surface area contributed by atoms with Crippen molar-refractivity contribution in [3.8, 4) is 11.5 Å². The summed E-state index contributed by atoms with van der Waals surface area (Å²) in [6.45, 7) is 15.4. The van der Waals surface area contributed by atoms with E-state index in [0.717, 1.165) is 56.1 Å². The topological polar surface area (TPSA) is 121 Å². The van der Waals surface area contributed by atoms with Crippen LogP contribution < -0.4 is 5.73 Å². The highest BCUT2D eigenvalue weighted by Crippen LogP contribution is 2.75. The summed E-state index contributed by atoms with van der Waals surface area (Å²) >= 11 is 1.50. The molecule has 0 amide bonds. The van der Waals surface area contributed by atoms with E-state index in [4.69, 9.17) is 5.73 Å². The molecule has 220 valence electrons. The maximum atomic E-state index is 12.9. The van der Waals surface area contributed by atoms with Gasteiger partial charge in [-0.25, -0.2) is 0 Å². The number of allylic oxidation sites excluding steroid dienone is 1. The molecule has 0 heterocycles. The molecule has 1 unspecified atom stereocenters. The molecule has 6 nitrogen and oxygen atoms in total. The van der Waals surface area contributed by atoms with Gasteiger partial charge < -0.3 is 21.1 Å². The molecule has 0 aliphatic heterocycles. The number of benzene rings is 1. The number of carbonyl (C=O) groups is 2. The van der Waals surface area contributed by atoms with E-state index in [1.165, 1.54) is 17.3 Å². The second kappa shape index (κ2) is 9.26. The molecule has 7 heteroatoms. The van der Waals surface area contributed by atoms with Gasteiger partial charge in [-0.05, 0) is 104 Å². The third kappa shape index (κ3) is 3.93. The summed E-state index contributed by atoms with van der Waals surface area (Å²) in [6, 6.07) is 0.766. The van der Waals surface area contributed by atoms with E-state index < -0.39 is 12.0 Å². The first-order valence-electron chi connectivity index (χ1n) is 14.8. The highest BCUT2D eigenvalue weighted by atomic mass is 32.2. The summed E-state index contributed by atoms with van der Waals surface area (Å²) in [5, 5.41) is 30.8. The van der Waals surface area contributed by atoms with Gasteiger partial charge in [0.25, 0.3) is 0 Å². The molecule has 0 spiro atoms. The number of hydrogen-bond acceptors (Lipinski definition) is 6. The SMILES string of the molecule is CC(=O)[C@]1(C)CC[C@]2(C)CC[C@]3(C)C4=CC(SC[C@@H](N)C(=O)O)c5c(cc(O)c(O)c5C)[C@]4(C)CC[C@@]3(C)[C@@H]2C1. The maximum absolute atomic E-state index is 12.9. The van der Waals surface area contributed by atoms with E-state index in [2.05, 4.69) is 40.7 Å². The molecule has 3 saturated carbocycles. The van der Waals surface area contributed by atoms with Crippen LogP contribution in [-0.2, 0) is 15.0 Å². The summed E-state index contributed by atoms with van der Waals surface area (Å²) in [7, 11) is 0. The number of thioether (sulfide) groups is 1. The first-order valence-corrected chi connectivity index (χ1v) is 15.9. The predicted molar refractivity (Wildman–Crippen MR) is 160 cm³/mol. The number of carboxylic acid groups (broad SMARTS) is 1. The standard InChI is InChI=1S/C33H47NO5S/c1-18-26-20(14-22(36)27(18)37)31(5)11-13-33(7)25-16-30(4,19(2)35)9-8-29(25,3)10-12-32(33,6)24(31)15-23(26)40-17-21(34)28(38)39/h14-15,21,23,25,36-37H,8-13,16-17,34H2,1-7H3,(H,38,39)/t21-,23?,25-,29-,30-,31+,32-,33+/m1/s1. The average molecular weight is 570 g/mol. The lowest BCUT2D eigenvalue weighted by Gasteiger charge is -2.70. The Balaban J connectivity index is 1.66. The van der Waals surface area contributed by atoms with Crippen LogP contribution in [0.2, 0.25) is 0 Å². The van der Waals surface area contributed by atoms with Crippen molar-refractivity contribution in [1.82, 2.24) is 0 Å². The van der Waals surface area contributed by atoms with Crippen LogP contribution in [0.1, 0.15) is 108 Å². The smallest absolute Gasteiger partial charge is 0.321 e. The van der Waals surface area contributed by atoms with Crippen molar-refractivity contribution in [2.45, 2.75) is 110 Å². The average Bonchev–Trinajstić information content (AvgIpc) is 2.89. The molecule has 0 aromatic heterocycles. The fourth-order valence-corrected chi connectivity index (χ4v) is 10.7. The predicted octanol–water partition coefficient (Wildman–Crippen LogP) is 6.79. The number of fused-ring (bicyclic) bond motifs is 7. The van der Waals surface area contributed by atoms with Crippen molar-refractivity contribution >= 4 is 23.5 Å². The Labute approximate surface area is 243 Å². The molecule has 0 saturated heterocycles. The zero-order valence-electron chi connectivity index (χ0n) is 25.2. The van der Waals surface area contributed by atoms with Crippen molar-refractivity contribution in [2.24, 2.45) is 33.3 Å². The van der Waals surface area contributed by atoms with Gasteiger partial charge in [0.2, 0.25) is 0 Å². The first-order chi connectivity index (χ1) is 18.4. The largest absolute Gasteiger partial charge is 0.504 e. The van der Waals surface area contributed by atoms with Gasteiger partial charge in [-0.2, -0.15) is 0 Å². The first kappa shape index (κ1) is 29.5. The van der Waals surface area contributed by atoms with Crippen molar-refractivity contribution in [2.75, 3.05) is 5.75 Å². The van der Waals surface area contributed by atoms with Gasteiger partial charge >= 0.3 is 5.97 Å². The lowest BCUT2D eigenvalue weighted by molar-refractivity contribution is -0.165. The number of ketones is 1. The Hall–Kier alpha value is -1.99. The number of rotatable bonds is 5. The van der Waals surface area contributed by atoms with Crippen LogP contribution in [0.25, 0.3) is 0 Å². The molecule has 3 fully saturated rings. The van der Waals surface area contributed by atoms with Crippen LogP contribution in [0.5, 0.6) is 11.5 Å². The quantitative estimate of drug-likeness (QED) is 0.227. The summed E-state index contributed by atoms with van der Waals surface area (Å²) in [6.07, 6.45) is 9.42. The van der Waals surface area contributed by atoms with Gasteiger partial charge in [0.05, 0.1) is 0 Å². The van der Waals surface area contributed by atoms with E-state index in [1.54, 1.807) is 13.0 Å². The van der Waals surface area contributed by atoms with Crippen LogP contribution in [-0.4, -0.2) is 38.9 Å². The van der Waals surface area contributed by atoms with E-state index >= 15 is 0 Å². The molecule has 5 N–H and O–H groups in total. The van der Waals surface area contributed by atoms with Crippen LogP contribution in [0, 0.1) is 34.5 Å². The number of aliphatic carboxylic acids is 1. The Morgan fingerprint density at radius 1 is 1.05 bits per heavy atom. The normalized spacial score (nSPS) is 41.0. The molecule has 1 aromatic rings. The van der Waals surface area contributed by atoms with Crippen molar-refractivity contribution in [3.05, 3.63) is 34.4 Å². The van der Waals surface area contributed by atoms with E-state index in [-0.39, 0.29) is 49.6 Å². The minimum absolute atomic E-state index is 0.0132. The molecule has 40 heavy (non-hydrogen) atoms. The Kier molecular flexibility index (Phi) is 6.83. The molecular formula is C33H47NO5S. The van der Waals surface area contributed by atoms with Crippen molar-refractivity contribution in [3.63, 3.8) is 0 Å². The number of phenolic OH excluding ortho intramolecular Hbond substituents is 2. The summed E-state index contributed by atoms with van der Waals surface area (Å²) in [5.74, 6) is -0.293. The molecule has 1 aromatic carbocycles. The minimum atomic E-state index is -1.03. The van der Waals surface area contributed by atoms with Crippen molar-refractivity contribution < 1.29 is 24.9 Å². The number of aromatic hydroxyl groups is 2. The van der Waals surface area contributed by atoms with Gasteiger partial charge in [-0.1, -0.05) is 46.3 Å².